The van der Waals surface area contributed by atoms with E-state index < -0.39 is 6.10 Å². The smallest absolute Gasteiger partial charge is 0.268 e. The fraction of sp³-hybridized carbons (Fsp3) is 0.238. The number of benzene rings is 2. The van der Waals surface area contributed by atoms with Crippen molar-refractivity contribution in [3.8, 4) is 11.5 Å². The summed E-state index contributed by atoms with van der Waals surface area (Å²) in [6.45, 7) is 7.63. The Morgan fingerprint density at radius 3 is 2.79 bits per heavy atom. The Hall–Kier alpha value is -2.99. The van der Waals surface area contributed by atoms with E-state index in [1.165, 1.54) is 0 Å². The van der Waals surface area contributed by atoms with E-state index in [1.54, 1.807) is 54.3 Å². The van der Waals surface area contributed by atoms with Gasteiger partial charge in [0, 0.05) is 12.2 Å². The van der Waals surface area contributed by atoms with Gasteiger partial charge in [0.2, 0.25) is 0 Å². The molecule has 0 spiro atoms. The molecule has 2 aromatic rings. The molecule has 1 N–H and O–H groups in total. The number of rotatable bonds is 6. The summed E-state index contributed by atoms with van der Waals surface area (Å²) in [4.78, 5) is 26.3. The Labute approximate surface area is 168 Å². The van der Waals surface area contributed by atoms with E-state index in [0.29, 0.717) is 34.4 Å². The van der Waals surface area contributed by atoms with Gasteiger partial charge in [0.15, 0.2) is 12.7 Å². The van der Waals surface area contributed by atoms with E-state index in [2.05, 4.69) is 11.9 Å². The minimum Gasteiger partial charge on any atom is -0.482 e. The number of para-hydroxylation sites is 1. The van der Waals surface area contributed by atoms with Crippen LogP contribution in [0.2, 0.25) is 5.02 Å². The number of halogens is 1. The average Bonchev–Trinajstić information content (AvgIpc) is 2.65. The molecule has 6 nitrogen and oxygen atoms in total. The SMILES string of the molecule is C=C(C)CN1C(=O)C(C)Oc2ccc(NC(=O)COc3ccccc3Cl)cc21. The molecule has 7 heteroatoms. The van der Waals surface area contributed by atoms with E-state index in [4.69, 9.17) is 21.1 Å². The Morgan fingerprint density at radius 1 is 1.32 bits per heavy atom. The fourth-order valence-electron chi connectivity index (χ4n) is 2.82. The van der Waals surface area contributed by atoms with Crippen LogP contribution < -0.4 is 19.7 Å². The van der Waals surface area contributed by atoms with Crippen LogP contribution in [0.5, 0.6) is 11.5 Å². The standard InChI is InChI=1S/C21H21ClN2O4/c1-13(2)11-24-17-10-15(8-9-19(17)28-14(3)21(24)26)23-20(25)12-27-18-7-5-4-6-16(18)22/h4-10,14H,1,11-12H2,2-3H3,(H,23,25). The van der Waals surface area contributed by atoms with Gasteiger partial charge in [0.25, 0.3) is 11.8 Å². The highest BCUT2D eigenvalue weighted by Crippen LogP contribution is 2.36. The van der Waals surface area contributed by atoms with E-state index in [0.717, 1.165) is 5.57 Å². The van der Waals surface area contributed by atoms with Crippen LogP contribution in [0, 0.1) is 0 Å². The molecule has 0 radical (unpaired) electrons. The number of anilines is 2. The van der Waals surface area contributed by atoms with Crippen LogP contribution in [-0.4, -0.2) is 31.1 Å². The number of nitrogens with zero attached hydrogens (tertiary/aromatic N) is 1. The summed E-state index contributed by atoms with van der Waals surface area (Å²) >= 11 is 6.02. The van der Waals surface area contributed by atoms with Crippen LogP contribution in [0.25, 0.3) is 0 Å². The van der Waals surface area contributed by atoms with Gasteiger partial charge in [-0.3, -0.25) is 9.59 Å². The van der Waals surface area contributed by atoms with Crippen LogP contribution in [0.4, 0.5) is 11.4 Å². The average molecular weight is 401 g/mol. The maximum atomic E-state index is 12.5. The molecule has 2 amide bonds. The minimum absolute atomic E-state index is 0.152. The molecular formula is C21H21ClN2O4. The Balaban J connectivity index is 1.72. The molecule has 0 aromatic heterocycles. The van der Waals surface area contributed by atoms with Crippen LogP contribution in [0.3, 0.4) is 0 Å². The minimum atomic E-state index is -0.573. The second kappa shape index (κ2) is 8.35. The summed E-state index contributed by atoms with van der Waals surface area (Å²) in [6.07, 6.45) is -0.573. The first-order valence-electron chi connectivity index (χ1n) is 8.79. The zero-order chi connectivity index (χ0) is 20.3. The van der Waals surface area contributed by atoms with Crippen molar-refractivity contribution in [2.24, 2.45) is 0 Å². The molecule has 28 heavy (non-hydrogen) atoms. The number of ether oxygens (including phenoxy) is 2. The number of amides is 2. The van der Waals surface area contributed by atoms with Crippen molar-refractivity contribution in [1.29, 1.82) is 0 Å². The van der Waals surface area contributed by atoms with Gasteiger partial charge in [-0.1, -0.05) is 35.9 Å². The quantitative estimate of drug-likeness (QED) is 0.743. The number of hydrogen-bond donors (Lipinski definition) is 1. The molecule has 0 fully saturated rings. The first-order chi connectivity index (χ1) is 13.3. The second-order valence-electron chi connectivity index (χ2n) is 6.59. The Bertz CT molecular complexity index is 928. The molecule has 1 aliphatic rings. The topological polar surface area (TPSA) is 67.9 Å². The van der Waals surface area contributed by atoms with Gasteiger partial charge >= 0.3 is 0 Å². The maximum Gasteiger partial charge on any atom is 0.268 e. The molecule has 0 saturated carbocycles. The lowest BCUT2D eigenvalue weighted by molar-refractivity contribution is -0.125. The Morgan fingerprint density at radius 2 is 2.07 bits per heavy atom. The number of fused-ring (bicyclic) bond motifs is 1. The second-order valence-corrected chi connectivity index (χ2v) is 7.00. The van der Waals surface area contributed by atoms with Crippen molar-refractivity contribution in [3.05, 3.63) is 59.6 Å². The third-order valence-corrected chi connectivity index (χ3v) is 4.39. The lowest BCUT2D eigenvalue weighted by Crippen LogP contribution is -2.45. The molecule has 0 bridgehead atoms. The maximum absolute atomic E-state index is 12.5. The Kier molecular flexibility index (Phi) is 5.90. The molecule has 3 rings (SSSR count). The van der Waals surface area contributed by atoms with E-state index in [-0.39, 0.29) is 18.4 Å². The molecule has 2 aromatic carbocycles. The number of carbonyl (C=O) groups excluding carboxylic acids is 2. The predicted octanol–water partition coefficient (Wildman–Crippen LogP) is 4.05. The highest BCUT2D eigenvalue weighted by atomic mass is 35.5. The first kappa shape index (κ1) is 19.8. The number of carbonyl (C=O) groups is 2. The summed E-state index contributed by atoms with van der Waals surface area (Å²) in [5, 5.41) is 3.19. The molecule has 1 heterocycles. The normalized spacial score (nSPS) is 15.5. The van der Waals surface area contributed by atoms with Crippen molar-refractivity contribution in [2.75, 3.05) is 23.4 Å². The highest BCUT2D eigenvalue weighted by Gasteiger charge is 2.31. The van der Waals surface area contributed by atoms with Crippen molar-refractivity contribution >= 4 is 34.8 Å². The predicted molar refractivity (Wildman–Crippen MR) is 109 cm³/mol. The summed E-state index contributed by atoms with van der Waals surface area (Å²) in [6, 6.07) is 12.1. The zero-order valence-corrected chi connectivity index (χ0v) is 16.5. The lowest BCUT2D eigenvalue weighted by atomic mass is 10.1. The summed E-state index contributed by atoms with van der Waals surface area (Å²) < 4.78 is 11.1. The van der Waals surface area contributed by atoms with Crippen molar-refractivity contribution in [3.63, 3.8) is 0 Å². The van der Waals surface area contributed by atoms with Crippen LogP contribution in [0.1, 0.15) is 13.8 Å². The van der Waals surface area contributed by atoms with Crippen molar-refractivity contribution < 1.29 is 19.1 Å². The van der Waals surface area contributed by atoms with Gasteiger partial charge in [-0.2, -0.15) is 0 Å². The number of nitrogens with one attached hydrogen (secondary N) is 1. The van der Waals surface area contributed by atoms with E-state index in [1.807, 2.05) is 6.92 Å². The van der Waals surface area contributed by atoms with Crippen LogP contribution in [-0.2, 0) is 9.59 Å². The van der Waals surface area contributed by atoms with Gasteiger partial charge in [0.05, 0.1) is 10.7 Å². The monoisotopic (exact) mass is 400 g/mol. The summed E-state index contributed by atoms with van der Waals surface area (Å²) in [5.41, 5.74) is 1.97. The molecular weight excluding hydrogens is 380 g/mol. The zero-order valence-electron chi connectivity index (χ0n) is 15.7. The van der Waals surface area contributed by atoms with Gasteiger partial charge in [-0.15, -0.1) is 0 Å². The highest BCUT2D eigenvalue weighted by molar-refractivity contribution is 6.32. The fourth-order valence-corrected chi connectivity index (χ4v) is 3.01. The van der Waals surface area contributed by atoms with Crippen LogP contribution >= 0.6 is 11.6 Å². The molecule has 1 unspecified atom stereocenters. The third-order valence-electron chi connectivity index (χ3n) is 4.07. The van der Waals surface area contributed by atoms with E-state index in [9.17, 15) is 9.59 Å². The van der Waals surface area contributed by atoms with Crippen molar-refractivity contribution in [1.82, 2.24) is 0 Å². The van der Waals surface area contributed by atoms with Gasteiger partial charge in [0.1, 0.15) is 11.5 Å². The molecule has 146 valence electrons. The van der Waals surface area contributed by atoms with Gasteiger partial charge in [-0.05, 0) is 44.2 Å². The largest absolute Gasteiger partial charge is 0.482 e. The van der Waals surface area contributed by atoms with Crippen molar-refractivity contribution in [2.45, 2.75) is 20.0 Å². The first-order valence-corrected chi connectivity index (χ1v) is 9.16. The number of hydrogen-bond acceptors (Lipinski definition) is 4. The molecule has 0 aliphatic carbocycles. The van der Waals surface area contributed by atoms with Crippen LogP contribution in [0.15, 0.2) is 54.6 Å². The molecule has 1 atom stereocenters. The lowest BCUT2D eigenvalue weighted by Gasteiger charge is -2.33. The van der Waals surface area contributed by atoms with Gasteiger partial charge in [-0.25, -0.2) is 0 Å². The molecule has 0 saturated heterocycles. The van der Waals surface area contributed by atoms with E-state index >= 15 is 0 Å². The molecule has 1 aliphatic heterocycles. The third kappa shape index (κ3) is 4.46. The van der Waals surface area contributed by atoms with Gasteiger partial charge < -0.3 is 19.7 Å². The summed E-state index contributed by atoms with van der Waals surface area (Å²) in [7, 11) is 0. The summed E-state index contributed by atoms with van der Waals surface area (Å²) in [5.74, 6) is 0.521.